The fraction of sp³-hybridized carbons (Fsp3) is 0.0714. The number of rotatable bonds is 1. The second-order valence-corrected chi connectivity index (χ2v) is 4.05. The first-order valence-corrected chi connectivity index (χ1v) is 5.27. The van der Waals surface area contributed by atoms with Gasteiger partial charge in [0.05, 0.1) is 0 Å². The Bertz CT molecular complexity index is 574. The Labute approximate surface area is 97.3 Å². The van der Waals surface area contributed by atoms with Crippen molar-refractivity contribution in [1.29, 1.82) is 0 Å². The highest BCUT2D eigenvalue weighted by atomic mass is 19.1. The number of benzene rings is 2. The van der Waals surface area contributed by atoms with E-state index in [1.807, 2.05) is 0 Å². The highest BCUT2D eigenvalue weighted by Gasteiger charge is 2.50. The molecule has 2 aromatic rings. The largest absolute Gasteiger partial charge is 0.478 e. The van der Waals surface area contributed by atoms with Gasteiger partial charge in [0.15, 0.2) is 0 Å². The number of fused-ring (bicyclic) bond motifs is 3. The van der Waals surface area contributed by atoms with Crippen LogP contribution in [0.2, 0.25) is 0 Å². The molecule has 3 rings (SSSR count). The average molecular weight is 228 g/mol. The van der Waals surface area contributed by atoms with Gasteiger partial charge in [0.25, 0.3) is 5.67 Å². The van der Waals surface area contributed by atoms with Crippen LogP contribution in [-0.4, -0.2) is 11.1 Å². The SMILES string of the molecule is O=C(O)C1(F)c2ccccc2-c2ccccc21. The number of hydrogen-bond acceptors (Lipinski definition) is 1. The van der Waals surface area contributed by atoms with Crippen LogP contribution in [0.25, 0.3) is 11.1 Å². The third-order valence-electron chi connectivity index (χ3n) is 3.18. The second-order valence-electron chi connectivity index (χ2n) is 4.05. The quantitative estimate of drug-likeness (QED) is 0.814. The Kier molecular flexibility index (Phi) is 1.87. The third kappa shape index (κ3) is 1.11. The Morgan fingerprint density at radius 3 is 1.76 bits per heavy atom. The molecule has 0 saturated heterocycles. The standard InChI is InChI=1S/C14H9FO2/c15-14(13(16)17)11-7-3-1-5-9(11)10-6-2-4-8-12(10)14/h1-8H,(H,16,17). The van der Waals surface area contributed by atoms with Crippen molar-refractivity contribution in [2.24, 2.45) is 0 Å². The zero-order chi connectivity index (χ0) is 12.0. The Morgan fingerprint density at radius 1 is 0.941 bits per heavy atom. The number of alkyl halides is 1. The molecule has 0 heterocycles. The lowest BCUT2D eigenvalue weighted by molar-refractivity contribution is -0.148. The van der Waals surface area contributed by atoms with Crippen molar-refractivity contribution in [3.8, 4) is 11.1 Å². The zero-order valence-electron chi connectivity index (χ0n) is 8.85. The molecular formula is C14H9FO2. The topological polar surface area (TPSA) is 37.3 Å². The van der Waals surface area contributed by atoms with Gasteiger partial charge in [0.1, 0.15) is 0 Å². The first kappa shape index (κ1) is 10.0. The third-order valence-corrected chi connectivity index (χ3v) is 3.18. The highest BCUT2D eigenvalue weighted by Crippen LogP contribution is 2.49. The molecule has 1 N–H and O–H groups in total. The first-order chi connectivity index (χ1) is 8.15. The average Bonchev–Trinajstić information content (AvgIpc) is 2.63. The molecule has 17 heavy (non-hydrogen) atoms. The molecule has 0 bridgehead atoms. The molecule has 0 atom stereocenters. The van der Waals surface area contributed by atoms with E-state index < -0.39 is 11.6 Å². The predicted octanol–water partition coefficient (Wildman–Crippen LogP) is 2.96. The Hall–Kier alpha value is -2.16. The van der Waals surface area contributed by atoms with E-state index in [1.165, 1.54) is 12.1 Å². The van der Waals surface area contributed by atoms with Gasteiger partial charge >= 0.3 is 5.97 Å². The van der Waals surface area contributed by atoms with E-state index in [0.29, 0.717) is 11.1 Å². The molecule has 0 unspecified atom stereocenters. The van der Waals surface area contributed by atoms with Gasteiger partial charge in [-0.05, 0) is 11.1 Å². The van der Waals surface area contributed by atoms with Gasteiger partial charge in [0.2, 0.25) is 0 Å². The highest BCUT2D eigenvalue weighted by molar-refractivity contribution is 5.95. The lowest BCUT2D eigenvalue weighted by atomic mass is 9.94. The van der Waals surface area contributed by atoms with Crippen molar-refractivity contribution in [2.75, 3.05) is 0 Å². The summed E-state index contributed by atoms with van der Waals surface area (Å²) in [6, 6.07) is 13.4. The molecule has 0 radical (unpaired) electrons. The molecular weight excluding hydrogens is 219 g/mol. The summed E-state index contributed by atoms with van der Waals surface area (Å²) in [4.78, 5) is 11.3. The molecule has 1 aliphatic carbocycles. The molecule has 0 saturated carbocycles. The fourth-order valence-corrected chi connectivity index (χ4v) is 2.41. The van der Waals surface area contributed by atoms with Crippen LogP contribution in [0.4, 0.5) is 4.39 Å². The number of aliphatic carboxylic acids is 1. The van der Waals surface area contributed by atoms with Crippen LogP contribution >= 0.6 is 0 Å². The van der Waals surface area contributed by atoms with Gasteiger partial charge in [-0.2, -0.15) is 0 Å². The van der Waals surface area contributed by atoms with Crippen molar-refractivity contribution >= 4 is 5.97 Å². The fourth-order valence-electron chi connectivity index (χ4n) is 2.41. The maximum absolute atomic E-state index is 14.8. The number of carboxylic acid groups (broad SMARTS) is 1. The lowest BCUT2D eigenvalue weighted by Gasteiger charge is -2.16. The normalized spacial score (nSPS) is 15.1. The van der Waals surface area contributed by atoms with E-state index in [9.17, 15) is 14.3 Å². The van der Waals surface area contributed by atoms with Crippen molar-refractivity contribution in [3.05, 3.63) is 59.7 Å². The number of halogens is 1. The number of carboxylic acids is 1. The van der Waals surface area contributed by atoms with E-state index in [4.69, 9.17) is 0 Å². The van der Waals surface area contributed by atoms with Crippen molar-refractivity contribution in [3.63, 3.8) is 0 Å². The zero-order valence-corrected chi connectivity index (χ0v) is 8.85. The van der Waals surface area contributed by atoms with Crippen LogP contribution in [0.15, 0.2) is 48.5 Å². The van der Waals surface area contributed by atoms with E-state index >= 15 is 0 Å². The molecule has 2 nitrogen and oxygen atoms in total. The summed E-state index contributed by atoms with van der Waals surface area (Å²) in [6.07, 6.45) is 0. The second kappa shape index (κ2) is 3.17. The first-order valence-electron chi connectivity index (χ1n) is 5.27. The van der Waals surface area contributed by atoms with E-state index in [-0.39, 0.29) is 11.1 Å². The van der Waals surface area contributed by atoms with Crippen LogP contribution in [0.3, 0.4) is 0 Å². The van der Waals surface area contributed by atoms with Crippen LogP contribution in [0.1, 0.15) is 11.1 Å². The summed E-state index contributed by atoms with van der Waals surface area (Å²) in [5.41, 5.74) is -0.670. The summed E-state index contributed by atoms with van der Waals surface area (Å²) in [5, 5.41) is 9.19. The van der Waals surface area contributed by atoms with Crippen molar-refractivity contribution < 1.29 is 14.3 Å². The summed E-state index contributed by atoms with van der Waals surface area (Å²) in [5.74, 6) is -1.46. The Morgan fingerprint density at radius 2 is 1.35 bits per heavy atom. The molecule has 1 aliphatic rings. The molecule has 3 heteroatoms. The van der Waals surface area contributed by atoms with Gasteiger partial charge < -0.3 is 5.11 Å². The lowest BCUT2D eigenvalue weighted by Crippen LogP contribution is -2.29. The monoisotopic (exact) mass is 228 g/mol. The van der Waals surface area contributed by atoms with Crippen LogP contribution < -0.4 is 0 Å². The minimum atomic E-state index is -2.42. The Balaban J connectivity index is 2.43. The molecule has 84 valence electrons. The van der Waals surface area contributed by atoms with Crippen molar-refractivity contribution in [2.45, 2.75) is 5.67 Å². The van der Waals surface area contributed by atoms with Crippen LogP contribution in [-0.2, 0) is 10.5 Å². The molecule has 0 aliphatic heterocycles. The van der Waals surface area contributed by atoms with Gasteiger partial charge in [-0.15, -0.1) is 0 Å². The van der Waals surface area contributed by atoms with E-state index in [0.717, 1.165) is 0 Å². The van der Waals surface area contributed by atoms with Crippen molar-refractivity contribution in [1.82, 2.24) is 0 Å². The molecule has 0 aromatic heterocycles. The van der Waals surface area contributed by atoms with Crippen LogP contribution in [0, 0.1) is 0 Å². The summed E-state index contributed by atoms with van der Waals surface area (Å²) in [7, 11) is 0. The van der Waals surface area contributed by atoms with Gasteiger partial charge in [-0.25, -0.2) is 9.18 Å². The number of hydrogen-bond donors (Lipinski definition) is 1. The summed E-state index contributed by atoms with van der Waals surface area (Å²) >= 11 is 0. The summed E-state index contributed by atoms with van der Waals surface area (Å²) < 4.78 is 14.8. The molecule has 2 aromatic carbocycles. The minimum absolute atomic E-state index is 0.216. The smallest absolute Gasteiger partial charge is 0.351 e. The molecule has 0 fully saturated rings. The molecule has 0 amide bonds. The predicted molar refractivity (Wildman–Crippen MR) is 61.4 cm³/mol. The number of carbonyl (C=O) groups is 1. The van der Waals surface area contributed by atoms with E-state index in [2.05, 4.69) is 0 Å². The molecule has 0 spiro atoms. The minimum Gasteiger partial charge on any atom is -0.478 e. The van der Waals surface area contributed by atoms with Gasteiger partial charge in [-0.1, -0.05) is 48.5 Å². The maximum Gasteiger partial charge on any atom is 0.351 e. The van der Waals surface area contributed by atoms with Gasteiger partial charge in [-0.3, -0.25) is 0 Å². The van der Waals surface area contributed by atoms with E-state index in [1.54, 1.807) is 36.4 Å². The maximum atomic E-state index is 14.8. The van der Waals surface area contributed by atoms with Gasteiger partial charge in [0, 0.05) is 11.1 Å². The van der Waals surface area contributed by atoms with Crippen LogP contribution in [0.5, 0.6) is 0 Å². The summed E-state index contributed by atoms with van der Waals surface area (Å²) in [6.45, 7) is 0.